The maximum Gasteiger partial charge on any atom is 0.255 e. The summed E-state index contributed by atoms with van der Waals surface area (Å²) in [4.78, 5) is 65.0. The summed E-state index contributed by atoms with van der Waals surface area (Å²) in [5, 5.41) is 68.5. The zero-order chi connectivity index (χ0) is 55.9. The van der Waals surface area contributed by atoms with E-state index in [2.05, 4.69) is 41.4 Å². The van der Waals surface area contributed by atoms with Crippen LogP contribution in [0.3, 0.4) is 0 Å². The van der Waals surface area contributed by atoms with Crippen LogP contribution >= 0.6 is 22.7 Å². The van der Waals surface area contributed by atoms with E-state index in [0.717, 1.165) is 55.0 Å². The van der Waals surface area contributed by atoms with Crippen LogP contribution in [0, 0.1) is 0 Å². The molecule has 4 amide bonds. The number of aliphatic hydroxyl groups is 4. The number of benzene rings is 4. The summed E-state index contributed by atoms with van der Waals surface area (Å²) in [7, 11) is 0. The minimum atomic E-state index is -1.95. The number of hydrogen-bond acceptors (Lipinski definition) is 16. The summed E-state index contributed by atoms with van der Waals surface area (Å²) >= 11 is 2.87. The van der Waals surface area contributed by atoms with Gasteiger partial charge in [0.25, 0.3) is 23.6 Å². The minimum Gasteiger partial charge on any atom is -0.380 e. The van der Waals surface area contributed by atoms with E-state index in [-0.39, 0.29) is 26.6 Å². The van der Waals surface area contributed by atoms with Gasteiger partial charge in [-0.2, -0.15) is 10.2 Å². The molecule has 20 nitrogen and oxygen atoms in total. The molecule has 4 aromatic heterocycles. The highest BCUT2D eigenvalue weighted by Crippen LogP contribution is 2.41. The van der Waals surface area contributed by atoms with E-state index in [1.54, 1.807) is 35.6 Å². The van der Waals surface area contributed by atoms with Crippen molar-refractivity contribution in [3.63, 3.8) is 0 Å². The van der Waals surface area contributed by atoms with Crippen molar-refractivity contribution < 1.29 is 39.6 Å². The molecule has 80 heavy (non-hydrogen) atoms. The fraction of sp³-hybridized carbons (Fsp3) is 0.310. The number of anilines is 2. The molecule has 2 aliphatic heterocycles. The number of fused-ring (bicyclic) bond motifs is 2. The fourth-order valence-corrected chi connectivity index (χ4v) is 11.2. The number of aliphatic hydroxyl groups excluding tert-OH is 4. The number of aromatic nitrogens is 6. The SMILES string of the molecule is C.CC(C)Nc1nc([C@H]2c3ccccc3CN2C(=O)[C@H](O)[C@@H](O)C(=O)N[C@H](C)c2ccc(-n3cccn3)cc2)cs1.CCNc1nc([C@H]2c3ccccc3CN2C(=O)[C@H](O)[C@@H](O)C(=O)N[C@H](C)c2ccc(-n3cccn3)cc2)cs1. The molecule has 0 aliphatic carbocycles. The maximum absolute atomic E-state index is 13.5. The lowest BCUT2D eigenvalue weighted by molar-refractivity contribution is -0.154. The van der Waals surface area contributed by atoms with E-state index in [0.29, 0.717) is 17.9 Å². The first-order valence-corrected chi connectivity index (χ1v) is 27.6. The molecule has 8 aromatic rings. The van der Waals surface area contributed by atoms with Crippen molar-refractivity contribution in [1.82, 2.24) is 50.0 Å². The monoisotopic (exact) mass is 1120 g/mol. The maximum atomic E-state index is 13.5. The number of thiazole rings is 2. The molecule has 0 spiro atoms. The first kappa shape index (κ1) is 58.0. The van der Waals surface area contributed by atoms with Crippen molar-refractivity contribution in [1.29, 1.82) is 0 Å². The molecule has 6 heterocycles. The van der Waals surface area contributed by atoms with Crippen molar-refractivity contribution in [2.75, 3.05) is 17.2 Å². The molecule has 22 heteroatoms. The van der Waals surface area contributed by atoms with E-state index >= 15 is 0 Å². The summed E-state index contributed by atoms with van der Waals surface area (Å²) in [5.41, 5.74) is 8.27. The first-order chi connectivity index (χ1) is 38.1. The van der Waals surface area contributed by atoms with E-state index in [1.165, 1.54) is 32.5 Å². The summed E-state index contributed by atoms with van der Waals surface area (Å²) in [6.07, 6.45) is -0.752. The minimum absolute atomic E-state index is 0. The second kappa shape index (κ2) is 25.8. The number of carbonyl (C=O) groups is 4. The smallest absolute Gasteiger partial charge is 0.255 e. The van der Waals surface area contributed by atoms with Crippen LogP contribution in [0.4, 0.5) is 10.3 Å². The molecule has 10 rings (SSSR count). The summed E-state index contributed by atoms with van der Waals surface area (Å²) < 4.78 is 3.44. The number of carbonyl (C=O) groups excluding carboxylic acids is 4. The predicted octanol–water partition coefficient (Wildman–Crippen LogP) is 6.61. The summed E-state index contributed by atoms with van der Waals surface area (Å²) in [6, 6.07) is 31.9. The zero-order valence-electron chi connectivity index (χ0n) is 44.0. The van der Waals surface area contributed by atoms with Gasteiger partial charge in [-0.3, -0.25) is 19.2 Å². The fourth-order valence-electron chi connectivity index (χ4n) is 9.53. The van der Waals surface area contributed by atoms with Gasteiger partial charge in [0.05, 0.1) is 34.8 Å². The Balaban J connectivity index is 0.000000208. The number of nitrogens with zero attached hydrogens (tertiary/aromatic N) is 8. The molecule has 0 saturated carbocycles. The zero-order valence-corrected chi connectivity index (χ0v) is 45.6. The number of nitrogens with one attached hydrogen (secondary N) is 4. The molecular weight excluding hydrogens is 1060 g/mol. The third-order valence-corrected chi connectivity index (χ3v) is 15.2. The molecule has 418 valence electrons. The van der Waals surface area contributed by atoms with E-state index in [4.69, 9.17) is 0 Å². The van der Waals surface area contributed by atoms with Gasteiger partial charge in [-0.25, -0.2) is 19.3 Å². The van der Waals surface area contributed by atoms with Gasteiger partial charge in [0.15, 0.2) is 34.7 Å². The number of rotatable bonds is 18. The lowest BCUT2D eigenvalue weighted by Gasteiger charge is -2.28. The number of amides is 4. The molecular formula is C58H66N12O8S2. The van der Waals surface area contributed by atoms with Crippen LogP contribution in [0.1, 0.15) is 111 Å². The van der Waals surface area contributed by atoms with Crippen molar-refractivity contribution in [3.05, 3.63) is 190 Å². The van der Waals surface area contributed by atoms with Crippen LogP contribution < -0.4 is 21.3 Å². The molecule has 0 radical (unpaired) electrons. The Bertz CT molecular complexity index is 3350. The topological polar surface area (TPSA) is 265 Å². The van der Waals surface area contributed by atoms with Crippen LogP contribution in [0.5, 0.6) is 0 Å². The molecule has 8 N–H and O–H groups in total. The van der Waals surface area contributed by atoms with E-state index in [1.807, 2.05) is 153 Å². The predicted molar refractivity (Wildman–Crippen MR) is 306 cm³/mol. The van der Waals surface area contributed by atoms with Gasteiger partial charge in [-0.05, 0) is 104 Å². The van der Waals surface area contributed by atoms with E-state index < -0.39 is 72.2 Å². The lowest BCUT2D eigenvalue weighted by Crippen LogP contribution is -2.50. The van der Waals surface area contributed by atoms with Crippen LogP contribution in [0.15, 0.2) is 145 Å². The normalized spacial score (nSPS) is 16.6. The Morgan fingerprint density at radius 1 is 0.575 bits per heavy atom. The average Bonchev–Trinajstić information content (AvgIpc) is 4.40. The number of hydrogen-bond donors (Lipinski definition) is 8. The van der Waals surface area contributed by atoms with Crippen LogP contribution in [-0.4, -0.2) is 120 Å². The van der Waals surface area contributed by atoms with Crippen molar-refractivity contribution in [2.24, 2.45) is 0 Å². The Morgan fingerprint density at radius 2 is 0.988 bits per heavy atom. The van der Waals surface area contributed by atoms with Crippen molar-refractivity contribution in [2.45, 2.75) is 110 Å². The van der Waals surface area contributed by atoms with Gasteiger partial charge in [0, 0.05) is 61.2 Å². The van der Waals surface area contributed by atoms with Crippen LogP contribution in [0.2, 0.25) is 0 Å². The molecule has 0 saturated heterocycles. The highest BCUT2D eigenvalue weighted by atomic mass is 32.1. The second-order valence-corrected chi connectivity index (χ2v) is 21.2. The molecule has 2 aliphatic rings. The lowest BCUT2D eigenvalue weighted by atomic mass is 10.0. The van der Waals surface area contributed by atoms with Crippen LogP contribution in [-0.2, 0) is 32.3 Å². The van der Waals surface area contributed by atoms with Gasteiger partial charge in [0.2, 0.25) is 0 Å². The standard InChI is InChI=1S/C29H32N6O4S.C28H30N6O4S.CH4/c1-17(2)31-29-33-23(16-40-29)24-22-8-5-4-7-20(22)15-34(24)28(39)26(37)25(36)27(38)32-18(3)19-9-11-21(12-10-19)35-14-6-13-30-35;1-3-29-28-32-22(16-39-28)23-21-8-5-4-7-19(21)15-33(23)27(38)25(36)24(35)26(37)31-17(2)18-9-11-20(12-10-18)34-14-6-13-30-34;/h4-14,16-18,24-26,36-37H,15H2,1-3H3,(H,31,33)(H,32,38);4-14,16-17,23-25,35-36H,3,15H2,1-2H3,(H,29,32)(H,31,37);1H4/t18-,24-,25-,26-;17-,23-,24-,25-;/m11./s1. The molecule has 8 atom stereocenters. The van der Waals surface area contributed by atoms with Gasteiger partial charge in [0.1, 0.15) is 12.1 Å². The molecule has 0 bridgehead atoms. The quantitative estimate of drug-likeness (QED) is 0.0450. The first-order valence-electron chi connectivity index (χ1n) is 25.8. The Hall–Kier alpha value is -8.12. The highest BCUT2D eigenvalue weighted by Gasteiger charge is 2.43. The third-order valence-electron chi connectivity index (χ3n) is 13.6. The van der Waals surface area contributed by atoms with Crippen LogP contribution in [0.25, 0.3) is 11.4 Å². The van der Waals surface area contributed by atoms with Gasteiger partial charge in [-0.15, -0.1) is 22.7 Å². The average molecular weight is 1120 g/mol. The Kier molecular flexibility index (Phi) is 18.7. The van der Waals surface area contributed by atoms with E-state index in [9.17, 15) is 39.6 Å². The van der Waals surface area contributed by atoms with Gasteiger partial charge >= 0.3 is 0 Å². The van der Waals surface area contributed by atoms with Gasteiger partial charge in [-0.1, -0.05) is 80.2 Å². The highest BCUT2D eigenvalue weighted by molar-refractivity contribution is 7.14. The van der Waals surface area contributed by atoms with Gasteiger partial charge < -0.3 is 51.5 Å². The Labute approximate surface area is 471 Å². The van der Waals surface area contributed by atoms with Crippen molar-refractivity contribution in [3.8, 4) is 11.4 Å². The Morgan fingerprint density at radius 3 is 1.39 bits per heavy atom. The summed E-state index contributed by atoms with van der Waals surface area (Å²) in [5.74, 6) is -3.16. The molecule has 0 fully saturated rings. The van der Waals surface area contributed by atoms with Crippen molar-refractivity contribution >= 4 is 56.6 Å². The molecule has 4 aromatic carbocycles. The largest absolute Gasteiger partial charge is 0.380 e. The third kappa shape index (κ3) is 12.8. The molecule has 0 unspecified atom stereocenters. The summed E-state index contributed by atoms with van der Waals surface area (Å²) in [6.45, 7) is 10.7. The second-order valence-electron chi connectivity index (χ2n) is 19.4.